The first-order chi connectivity index (χ1) is 13.6. The number of nitrogens with zero attached hydrogens (tertiary/aromatic N) is 1. The first-order valence-electron chi connectivity index (χ1n) is 8.63. The smallest absolute Gasteiger partial charge is 0.313 e. The summed E-state index contributed by atoms with van der Waals surface area (Å²) in [6.07, 6.45) is 1.60. The second-order valence-electron chi connectivity index (χ2n) is 5.87. The van der Waals surface area contributed by atoms with Crippen LogP contribution in [0, 0.1) is 11.8 Å². The van der Waals surface area contributed by atoms with Gasteiger partial charge < -0.3 is 20.5 Å². The second-order valence-corrected chi connectivity index (χ2v) is 5.87. The van der Waals surface area contributed by atoms with Gasteiger partial charge in [0.2, 0.25) is 5.88 Å². The van der Waals surface area contributed by atoms with Crippen LogP contribution < -0.4 is 20.5 Å². The van der Waals surface area contributed by atoms with Crippen molar-refractivity contribution in [2.45, 2.75) is 13.0 Å². The van der Waals surface area contributed by atoms with Gasteiger partial charge in [0.15, 0.2) is 0 Å². The molecule has 140 valence electrons. The third-order valence-corrected chi connectivity index (χ3v) is 3.55. The predicted molar refractivity (Wildman–Crippen MR) is 106 cm³/mol. The van der Waals surface area contributed by atoms with Crippen LogP contribution >= 0.6 is 0 Å². The van der Waals surface area contributed by atoms with Crippen molar-refractivity contribution >= 4 is 6.03 Å². The summed E-state index contributed by atoms with van der Waals surface area (Å²) in [5.41, 5.74) is 5.75. The fraction of sp³-hybridized carbons (Fsp3) is 0.0909. The maximum Gasteiger partial charge on any atom is 0.313 e. The van der Waals surface area contributed by atoms with Gasteiger partial charge in [-0.3, -0.25) is 0 Å². The Balaban J connectivity index is 1.58. The van der Waals surface area contributed by atoms with Gasteiger partial charge in [0.25, 0.3) is 0 Å². The average molecular weight is 373 g/mol. The van der Waals surface area contributed by atoms with Crippen molar-refractivity contribution in [3.05, 3.63) is 78.5 Å². The summed E-state index contributed by atoms with van der Waals surface area (Å²) in [6, 6.07) is 19.4. The van der Waals surface area contributed by atoms with Crippen molar-refractivity contribution < 1.29 is 14.3 Å². The Bertz CT molecular complexity index is 976. The number of primary amides is 1. The number of nitrogens with one attached hydrogen (secondary N) is 1. The molecule has 0 spiro atoms. The first kappa shape index (κ1) is 18.8. The number of pyridine rings is 1. The SMILES string of the molecule is CC(C#Cc1ccc(Oc2ccc(Oc3ccccc3)cc2)nc1)NC(N)=O. The van der Waals surface area contributed by atoms with Crippen LogP contribution in [0.5, 0.6) is 23.1 Å². The summed E-state index contributed by atoms with van der Waals surface area (Å²) in [7, 11) is 0. The highest BCUT2D eigenvalue weighted by atomic mass is 16.5. The van der Waals surface area contributed by atoms with Gasteiger partial charge in [0.05, 0.1) is 6.04 Å². The highest BCUT2D eigenvalue weighted by Gasteiger charge is 2.02. The molecule has 0 aliphatic heterocycles. The standard InChI is InChI=1S/C22H19N3O3/c1-16(25-22(23)26)7-8-17-9-14-21(24-15-17)28-20-12-10-19(11-13-20)27-18-5-3-2-4-6-18/h2-6,9-16H,1H3,(H3,23,25,26). The van der Waals surface area contributed by atoms with Gasteiger partial charge in [-0.25, -0.2) is 9.78 Å². The van der Waals surface area contributed by atoms with Crippen LogP contribution in [-0.4, -0.2) is 17.1 Å². The Labute approximate surface area is 163 Å². The topological polar surface area (TPSA) is 86.5 Å². The Kier molecular flexibility index (Phi) is 6.11. The lowest BCUT2D eigenvalue weighted by Crippen LogP contribution is -2.35. The number of rotatable bonds is 5. The number of hydrogen-bond donors (Lipinski definition) is 2. The van der Waals surface area contributed by atoms with E-state index < -0.39 is 6.03 Å². The largest absolute Gasteiger partial charge is 0.457 e. The van der Waals surface area contributed by atoms with Gasteiger partial charge in [-0.05, 0) is 49.4 Å². The van der Waals surface area contributed by atoms with Crippen LogP contribution in [0.25, 0.3) is 0 Å². The van der Waals surface area contributed by atoms with Gasteiger partial charge in [0, 0.05) is 17.8 Å². The number of ether oxygens (including phenoxy) is 2. The molecule has 1 unspecified atom stereocenters. The lowest BCUT2D eigenvalue weighted by Gasteiger charge is -2.07. The van der Waals surface area contributed by atoms with Crippen LogP contribution in [0.3, 0.4) is 0 Å². The second kappa shape index (κ2) is 9.10. The zero-order valence-electron chi connectivity index (χ0n) is 15.3. The Morgan fingerprint density at radius 3 is 2.21 bits per heavy atom. The molecule has 0 radical (unpaired) electrons. The van der Waals surface area contributed by atoms with E-state index in [0.717, 1.165) is 11.5 Å². The molecule has 0 saturated heterocycles. The maximum absolute atomic E-state index is 10.8. The monoisotopic (exact) mass is 373 g/mol. The molecule has 1 heterocycles. The summed E-state index contributed by atoms with van der Waals surface area (Å²) in [5.74, 6) is 8.37. The average Bonchev–Trinajstić information content (AvgIpc) is 2.69. The minimum Gasteiger partial charge on any atom is -0.457 e. The van der Waals surface area contributed by atoms with Gasteiger partial charge >= 0.3 is 6.03 Å². The van der Waals surface area contributed by atoms with E-state index in [1.165, 1.54) is 0 Å². The molecular weight excluding hydrogens is 354 g/mol. The molecule has 6 heteroatoms. The number of benzene rings is 2. The molecule has 3 rings (SSSR count). The van der Waals surface area contributed by atoms with Gasteiger partial charge in [-0.2, -0.15) is 0 Å². The lowest BCUT2D eigenvalue weighted by atomic mass is 10.2. The van der Waals surface area contributed by atoms with Crippen LogP contribution in [0.1, 0.15) is 12.5 Å². The number of urea groups is 1. The summed E-state index contributed by atoms with van der Waals surface area (Å²) in [6.45, 7) is 1.74. The number of carbonyl (C=O) groups is 1. The predicted octanol–water partition coefficient (Wildman–Crippen LogP) is 4.07. The quantitative estimate of drug-likeness (QED) is 0.660. The van der Waals surface area contributed by atoms with Crippen LogP contribution in [0.4, 0.5) is 4.79 Å². The Morgan fingerprint density at radius 1 is 0.964 bits per heavy atom. The van der Waals surface area contributed by atoms with Crippen LogP contribution in [0.15, 0.2) is 72.9 Å². The number of aromatic nitrogens is 1. The number of amides is 2. The van der Waals surface area contributed by atoms with Crippen molar-refractivity contribution in [3.63, 3.8) is 0 Å². The summed E-state index contributed by atoms with van der Waals surface area (Å²) in [5, 5.41) is 2.49. The van der Waals surface area contributed by atoms with E-state index in [-0.39, 0.29) is 6.04 Å². The normalized spacial score (nSPS) is 10.9. The molecule has 0 saturated carbocycles. The minimum atomic E-state index is -0.608. The lowest BCUT2D eigenvalue weighted by molar-refractivity contribution is 0.248. The van der Waals surface area contributed by atoms with Crippen LogP contribution in [0.2, 0.25) is 0 Å². The number of carbonyl (C=O) groups excluding carboxylic acids is 1. The highest BCUT2D eigenvalue weighted by Crippen LogP contribution is 2.25. The molecule has 0 bridgehead atoms. The fourth-order valence-electron chi connectivity index (χ4n) is 2.28. The van der Waals surface area contributed by atoms with Crippen molar-refractivity contribution in [2.75, 3.05) is 0 Å². The van der Waals surface area contributed by atoms with Crippen molar-refractivity contribution in [1.29, 1.82) is 0 Å². The number of hydrogen-bond acceptors (Lipinski definition) is 4. The van der Waals surface area contributed by atoms with E-state index in [0.29, 0.717) is 17.2 Å². The maximum atomic E-state index is 10.8. The van der Waals surface area contributed by atoms with Crippen molar-refractivity contribution in [3.8, 4) is 35.0 Å². The van der Waals surface area contributed by atoms with E-state index in [4.69, 9.17) is 15.2 Å². The zero-order valence-corrected chi connectivity index (χ0v) is 15.3. The molecule has 3 N–H and O–H groups in total. The van der Waals surface area contributed by atoms with Crippen molar-refractivity contribution in [2.24, 2.45) is 5.73 Å². The number of nitrogens with two attached hydrogens (primary N) is 1. The van der Waals surface area contributed by atoms with E-state index in [9.17, 15) is 4.79 Å². The Morgan fingerprint density at radius 2 is 1.61 bits per heavy atom. The van der Waals surface area contributed by atoms with E-state index >= 15 is 0 Å². The molecule has 2 aromatic carbocycles. The first-order valence-corrected chi connectivity index (χ1v) is 8.63. The molecule has 1 aromatic heterocycles. The molecule has 2 amide bonds. The summed E-state index contributed by atoms with van der Waals surface area (Å²) < 4.78 is 11.5. The van der Waals surface area contributed by atoms with Crippen LogP contribution in [-0.2, 0) is 0 Å². The van der Waals surface area contributed by atoms with E-state index in [1.54, 1.807) is 25.3 Å². The Hall–Kier alpha value is -3.98. The van der Waals surface area contributed by atoms with Crippen molar-refractivity contribution in [1.82, 2.24) is 10.3 Å². The molecule has 1 atom stereocenters. The molecular formula is C22H19N3O3. The molecule has 6 nitrogen and oxygen atoms in total. The summed E-state index contributed by atoms with van der Waals surface area (Å²) in [4.78, 5) is 15.0. The molecule has 0 aliphatic rings. The number of para-hydroxylation sites is 1. The van der Waals surface area contributed by atoms with E-state index in [2.05, 4.69) is 22.1 Å². The molecule has 0 aliphatic carbocycles. The molecule has 3 aromatic rings. The highest BCUT2D eigenvalue weighted by molar-refractivity contribution is 5.72. The van der Waals surface area contributed by atoms with Gasteiger partial charge in [-0.1, -0.05) is 30.0 Å². The molecule has 28 heavy (non-hydrogen) atoms. The van der Waals surface area contributed by atoms with Gasteiger partial charge in [-0.15, -0.1) is 0 Å². The summed E-state index contributed by atoms with van der Waals surface area (Å²) >= 11 is 0. The third kappa shape index (κ3) is 5.78. The minimum absolute atomic E-state index is 0.343. The molecule has 0 fully saturated rings. The third-order valence-electron chi connectivity index (χ3n) is 3.55. The van der Waals surface area contributed by atoms with Gasteiger partial charge in [0.1, 0.15) is 17.2 Å². The fourth-order valence-corrected chi connectivity index (χ4v) is 2.28. The van der Waals surface area contributed by atoms with E-state index in [1.807, 2.05) is 54.6 Å². The zero-order chi connectivity index (χ0) is 19.8.